The van der Waals surface area contributed by atoms with Gasteiger partial charge in [0, 0.05) is 91.1 Å². The number of carbonyl (C=O) groups excluding carboxylic acids is 5. The summed E-state index contributed by atoms with van der Waals surface area (Å²) >= 11 is 0. The first-order valence-electron chi connectivity index (χ1n) is 17.1. The summed E-state index contributed by atoms with van der Waals surface area (Å²) in [5.74, 6) is -2.56. The van der Waals surface area contributed by atoms with E-state index in [1.165, 1.54) is 0 Å². The second-order valence-electron chi connectivity index (χ2n) is 12.4. The number of Topliss-reactive ketones (excluding diaryl/α,β-unsaturated/α-hetero) is 2. The van der Waals surface area contributed by atoms with Crippen LogP contribution in [0.3, 0.4) is 0 Å². The van der Waals surface area contributed by atoms with Gasteiger partial charge in [0.25, 0.3) is 11.8 Å². The Kier molecular flexibility index (Phi) is 15.3. The van der Waals surface area contributed by atoms with E-state index in [9.17, 15) is 34.2 Å². The van der Waals surface area contributed by atoms with Gasteiger partial charge in [-0.15, -0.1) is 0 Å². The lowest BCUT2D eigenvalue weighted by Crippen LogP contribution is -2.35. The van der Waals surface area contributed by atoms with Crippen molar-refractivity contribution in [2.45, 2.75) is 50.9 Å². The maximum absolute atomic E-state index is 14.3. The number of carbonyl (C=O) groups is 5. The average Bonchev–Trinajstić information content (AvgIpc) is 3.64. The largest absolute Gasteiger partial charge is 0.533 e. The van der Waals surface area contributed by atoms with E-state index >= 15 is 0 Å². The smallest absolute Gasteiger partial charge is 0.432 e. The number of hydroxylamine groups is 2. The molecule has 1 unspecified atom stereocenters. The predicted molar refractivity (Wildman–Crippen MR) is 185 cm³/mol. The molecule has 0 spiro atoms. The Labute approximate surface area is 304 Å². The Morgan fingerprint density at radius 1 is 0.811 bits per heavy atom. The average molecular weight is 736 g/mol. The highest BCUT2D eigenvalue weighted by molar-refractivity contribution is 6.02. The maximum atomic E-state index is 14.3. The minimum Gasteiger partial charge on any atom is -0.432 e. The molecule has 1 fully saturated rings. The van der Waals surface area contributed by atoms with Crippen LogP contribution in [0.5, 0.6) is 0 Å². The number of azide groups is 2. The molecule has 18 heteroatoms. The SMILES string of the molecule is [N-]=[N+]=NCCOCCCC(=O)c1ccc2c(c1)C(COC(=O)ON1C(=O)CCC1=O)c1cc(C(=O)C(CCO)(CCO)CCOCCN=[N+]=[N-])ccc1-2. The van der Waals surface area contributed by atoms with Gasteiger partial charge < -0.3 is 24.4 Å². The summed E-state index contributed by atoms with van der Waals surface area (Å²) in [6.07, 6.45) is -0.635. The van der Waals surface area contributed by atoms with Gasteiger partial charge in [-0.1, -0.05) is 39.6 Å². The number of benzene rings is 2. The Bertz CT molecular complexity index is 1750. The molecule has 1 saturated heterocycles. The van der Waals surface area contributed by atoms with Gasteiger partial charge in [-0.3, -0.25) is 24.0 Å². The van der Waals surface area contributed by atoms with Crippen LogP contribution in [0.1, 0.15) is 82.7 Å². The highest BCUT2D eigenvalue weighted by Gasteiger charge is 2.40. The number of hydrogen-bond donors (Lipinski definition) is 2. The monoisotopic (exact) mass is 735 g/mol. The third-order valence-electron chi connectivity index (χ3n) is 9.15. The molecule has 2 aromatic carbocycles. The molecule has 0 aromatic heterocycles. The number of nitrogens with zero attached hydrogens (tertiary/aromatic N) is 7. The molecule has 0 bridgehead atoms. The third kappa shape index (κ3) is 10.4. The Hall–Kier alpha value is -5.35. The van der Waals surface area contributed by atoms with Gasteiger partial charge in [-0.2, -0.15) is 0 Å². The Morgan fingerprint density at radius 2 is 1.38 bits per heavy atom. The van der Waals surface area contributed by atoms with Crippen LogP contribution in [-0.4, -0.2) is 104 Å². The van der Waals surface area contributed by atoms with Gasteiger partial charge in [0.1, 0.15) is 6.61 Å². The second-order valence-corrected chi connectivity index (χ2v) is 12.4. The zero-order valence-electron chi connectivity index (χ0n) is 29.1. The fourth-order valence-electron chi connectivity index (χ4n) is 6.47. The van der Waals surface area contributed by atoms with E-state index in [-0.39, 0.29) is 115 Å². The highest BCUT2D eigenvalue weighted by atomic mass is 16.8. The van der Waals surface area contributed by atoms with Crippen molar-refractivity contribution in [2.24, 2.45) is 15.6 Å². The second kappa shape index (κ2) is 20.0. The van der Waals surface area contributed by atoms with Gasteiger partial charge in [0.05, 0.1) is 13.2 Å². The minimum absolute atomic E-state index is 0.0417. The molecule has 1 atom stereocenters. The van der Waals surface area contributed by atoms with Crippen LogP contribution >= 0.6 is 0 Å². The number of imide groups is 1. The number of rotatable bonds is 23. The van der Waals surface area contributed by atoms with Crippen molar-refractivity contribution in [3.05, 3.63) is 79.5 Å². The molecule has 4 rings (SSSR count). The van der Waals surface area contributed by atoms with Gasteiger partial charge in [-0.25, -0.2) is 4.79 Å². The van der Waals surface area contributed by atoms with Crippen molar-refractivity contribution in [1.82, 2.24) is 5.06 Å². The molecule has 2 aromatic rings. The number of fused-ring (bicyclic) bond motifs is 3. The summed E-state index contributed by atoms with van der Waals surface area (Å²) in [4.78, 5) is 74.4. The highest BCUT2D eigenvalue weighted by Crippen LogP contribution is 2.47. The molecule has 1 heterocycles. The number of aliphatic hydroxyl groups excluding tert-OH is 2. The third-order valence-corrected chi connectivity index (χ3v) is 9.15. The first kappa shape index (κ1) is 40.4. The zero-order chi connectivity index (χ0) is 38.2. The number of ketones is 2. The van der Waals surface area contributed by atoms with Gasteiger partial charge in [-0.05, 0) is 71.1 Å². The molecular formula is C35H41N7O11. The molecule has 2 amide bonds. The van der Waals surface area contributed by atoms with Gasteiger partial charge >= 0.3 is 6.16 Å². The van der Waals surface area contributed by atoms with E-state index < -0.39 is 29.3 Å². The topological polar surface area (TPSA) is 263 Å². The van der Waals surface area contributed by atoms with Crippen molar-refractivity contribution in [1.29, 1.82) is 0 Å². The maximum Gasteiger partial charge on any atom is 0.533 e. The van der Waals surface area contributed by atoms with Crippen molar-refractivity contribution >= 4 is 29.5 Å². The molecule has 1 aliphatic carbocycles. The first-order chi connectivity index (χ1) is 25.7. The quantitative estimate of drug-likeness (QED) is 0.0293. The Balaban J connectivity index is 1.60. The molecule has 53 heavy (non-hydrogen) atoms. The van der Waals surface area contributed by atoms with Crippen molar-refractivity contribution in [3.8, 4) is 11.1 Å². The van der Waals surface area contributed by atoms with E-state index in [0.717, 1.165) is 5.56 Å². The summed E-state index contributed by atoms with van der Waals surface area (Å²) in [7, 11) is 0. The van der Waals surface area contributed by atoms with Crippen molar-refractivity contribution in [2.75, 3.05) is 59.3 Å². The number of amides is 2. The van der Waals surface area contributed by atoms with E-state index in [4.69, 9.17) is 30.1 Å². The normalized spacial score (nSPS) is 14.6. The predicted octanol–water partition coefficient (Wildman–Crippen LogP) is 4.96. The molecule has 2 N–H and O–H groups in total. The summed E-state index contributed by atoms with van der Waals surface area (Å²) in [5, 5.41) is 27.1. The molecule has 18 nitrogen and oxygen atoms in total. The standard InChI is InChI=1S/C35H41N7O11/c36-40-38-12-18-50-16-1-2-30(45)23-3-5-25-26-6-4-24(33(48)35(9-14-43,10-15-44)11-17-51-19-13-39-41-37)21-28(26)29(27(25)20-23)22-52-34(49)53-42-31(46)7-8-32(42)47/h3-6,20-21,29,43-44H,1-2,7-19,22H2. The zero-order valence-corrected chi connectivity index (χ0v) is 29.1. The fourth-order valence-corrected chi connectivity index (χ4v) is 6.47. The fraction of sp³-hybridized carbons (Fsp3) is 0.514. The van der Waals surface area contributed by atoms with Gasteiger partial charge in [0.2, 0.25) is 0 Å². The summed E-state index contributed by atoms with van der Waals surface area (Å²) in [6.45, 7) is 0.0399. The van der Waals surface area contributed by atoms with Crippen LogP contribution in [0.4, 0.5) is 4.79 Å². The summed E-state index contributed by atoms with van der Waals surface area (Å²) in [6, 6.07) is 10.2. The van der Waals surface area contributed by atoms with Gasteiger partial charge in [0.15, 0.2) is 11.6 Å². The first-order valence-corrected chi connectivity index (χ1v) is 17.1. The van der Waals surface area contributed by atoms with Crippen LogP contribution < -0.4 is 0 Å². The van der Waals surface area contributed by atoms with Crippen molar-refractivity contribution < 1.29 is 53.2 Å². The number of aliphatic hydroxyl groups is 2. The lowest BCUT2D eigenvalue weighted by atomic mass is 9.72. The van der Waals surface area contributed by atoms with Crippen molar-refractivity contribution in [3.63, 3.8) is 0 Å². The molecule has 282 valence electrons. The summed E-state index contributed by atoms with van der Waals surface area (Å²) < 4.78 is 16.4. The molecular weight excluding hydrogens is 694 g/mol. The Morgan fingerprint density at radius 3 is 1.96 bits per heavy atom. The lowest BCUT2D eigenvalue weighted by molar-refractivity contribution is -0.177. The van der Waals surface area contributed by atoms with Crippen LogP contribution in [-0.2, 0) is 28.6 Å². The van der Waals surface area contributed by atoms with E-state index in [0.29, 0.717) is 33.7 Å². The summed E-state index contributed by atoms with van der Waals surface area (Å²) in [5.41, 5.74) is 19.0. The van der Waals surface area contributed by atoms with Crippen LogP contribution in [0.15, 0.2) is 46.6 Å². The number of ether oxygens (including phenoxy) is 3. The van der Waals surface area contributed by atoms with Crippen LogP contribution in [0, 0.1) is 5.41 Å². The molecule has 0 saturated carbocycles. The molecule has 2 aliphatic rings. The van der Waals surface area contributed by atoms with E-state index in [1.54, 1.807) is 36.4 Å². The molecule has 0 radical (unpaired) electrons. The van der Waals surface area contributed by atoms with Crippen LogP contribution in [0.2, 0.25) is 0 Å². The van der Waals surface area contributed by atoms with E-state index in [1.807, 2.05) is 0 Å². The minimum atomic E-state index is -1.28. The number of hydrogen-bond acceptors (Lipinski definition) is 13. The molecule has 1 aliphatic heterocycles. The lowest BCUT2D eigenvalue weighted by Gasteiger charge is -2.32. The van der Waals surface area contributed by atoms with E-state index in [2.05, 4.69) is 20.1 Å². The van der Waals surface area contributed by atoms with Crippen LogP contribution in [0.25, 0.3) is 32.0 Å².